The predicted molar refractivity (Wildman–Crippen MR) is 145 cm³/mol. The minimum Gasteiger partial charge on any atom is -0.377 e. The van der Waals surface area contributed by atoms with Gasteiger partial charge in [-0.25, -0.2) is 0 Å². The van der Waals surface area contributed by atoms with Crippen LogP contribution in [-0.4, -0.2) is 64.5 Å². The van der Waals surface area contributed by atoms with E-state index in [2.05, 4.69) is 20.7 Å². The molecule has 0 aliphatic carbocycles. The van der Waals surface area contributed by atoms with Gasteiger partial charge in [0.2, 0.25) is 11.7 Å². The van der Waals surface area contributed by atoms with Crippen LogP contribution in [0.2, 0.25) is 10.0 Å². The van der Waals surface area contributed by atoms with Crippen molar-refractivity contribution in [1.29, 1.82) is 0 Å². The molecule has 0 atom stereocenters. The summed E-state index contributed by atoms with van der Waals surface area (Å²) in [5.74, 6) is -0.0551. The standard InChI is InChI=1S/C25H26Cl2F3N7O3/c1-2-19-21(35-7-5-31-6-8-35)23(39)37-24(33-22(34-37)14-3-9-40-10-4-14)36(19)13-20(38)32-18-12-16(26)15(11-17(18)27)25(28,29)30/h3,11-12,31H,2,4-10,13H2,1H3,(H,32,38). The Labute approximate surface area is 236 Å². The predicted octanol–water partition coefficient (Wildman–Crippen LogP) is 3.63. The van der Waals surface area contributed by atoms with Gasteiger partial charge >= 0.3 is 6.18 Å². The number of nitrogens with zero attached hydrogens (tertiary/aromatic N) is 5. The smallest absolute Gasteiger partial charge is 0.377 e. The first kappa shape index (κ1) is 28.4. The van der Waals surface area contributed by atoms with E-state index in [9.17, 15) is 22.8 Å². The number of hydrogen-bond acceptors (Lipinski definition) is 7. The number of amides is 1. The normalized spacial score (nSPS) is 16.4. The molecule has 2 aliphatic heterocycles. The third kappa shape index (κ3) is 5.55. The van der Waals surface area contributed by atoms with Gasteiger partial charge in [0.25, 0.3) is 5.56 Å². The van der Waals surface area contributed by atoms with E-state index in [0.717, 1.165) is 11.6 Å². The van der Waals surface area contributed by atoms with E-state index in [1.807, 2.05) is 17.9 Å². The molecule has 1 amide bonds. The second-order valence-corrected chi connectivity index (χ2v) is 10.2. The lowest BCUT2D eigenvalue weighted by atomic mass is 10.1. The molecule has 1 fully saturated rings. The summed E-state index contributed by atoms with van der Waals surface area (Å²) in [4.78, 5) is 33.6. The third-order valence-electron chi connectivity index (χ3n) is 6.78. The fourth-order valence-electron chi connectivity index (χ4n) is 4.88. The average molecular weight is 600 g/mol. The fourth-order valence-corrected chi connectivity index (χ4v) is 5.36. The van der Waals surface area contributed by atoms with E-state index in [-0.39, 0.29) is 28.6 Å². The molecule has 1 aromatic carbocycles. The van der Waals surface area contributed by atoms with E-state index in [1.165, 1.54) is 4.52 Å². The van der Waals surface area contributed by atoms with Crippen LogP contribution in [0, 0.1) is 0 Å². The molecule has 2 aliphatic rings. The molecular weight excluding hydrogens is 574 g/mol. The highest BCUT2D eigenvalue weighted by atomic mass is 35.5. The maximum absolute atomic E-state index is 13.7. The van der Waals surface area contributed by atoms with Crippen LogP contribution in [0.5, 0.6) is 0 Å². The summed E-state index contributed by atoms with van der Waals surface area (Å²) in [7, 11) is 0. The Morgan fingerprint density at radius 3 is 2.60 bits per heavy atom. The molecule has 0 bridgehead atoms. The van der Waals surface area contributed by atoms with Gasteiger partial charge in [0.15, 0.2) is 5.82 Å². The molecule has 1 saturated heterocycles. The van der Waals surface area contributed by atoms with Gasteiger partial charge in [-0.15, -0.1) is 5.10 Å². The van der Waals surface area contributed by atoms with Gasteiger partial charge in [0.1, 0.15) is 12.2 Å². The van der Waals surface area contributed by atoms with Gasteiger partial charge in [-0.1, -0.05) is 36.2 Å². The summed E-state index contributed by atoms with van der Waals surface area (Å²) >= 11 is 11.9. The highest BCUT2D eigenvalue weighted by Gasteiger charge is 2.34. The first-order chi connectivity index (χ1) is 19.1. The summed E-state index contributed by atoms with van der Waals surface area (Å²) in [5, 5.41) is 9.40. The first-order valence-corrected chi connectivity index (χ1v) is 13.5. The van der Waals surface area contributed by atoms with Crippen molar-refractivity contribution in [3.63, 3.8) is 0 Å². The van der Waals surface area contributed by atoms with Crippen molar-refractivity contribution in [2.75, 3.05) is 49.6 Å². The average Bonchev–Trinajstić information content (AvgIpc) is 3.38. The van der Waals surface area contributed by atoms with Crippen LogP contribution >= 0.6 is 23.2 Å². The number of anilines is 2. The number of alkyl halides is 3. The Balaban J connectivity index is 1.58. The number of piperazine rings is 1. The molecule has 4 heterocycles. The quantitative estimate of drug-likeness (QED) is 0.446. The molecule has 0 spiro atoms. The van der Waals surface area contributed by atoms with E-state index in [1.54, 1.807) is 4.57 Å². The van der Waals surface area contributed by atoms with Gasteiger partial charge in [0.05, 0.1) is 40.2 Å². The maximum atomic E-state index is 13.7. The molecule has 0 unspecified atom stereocenters. The van der Waals surface area contributed by atoms with Crippen LogP contribution in [0.15, 0.2) is 23.0 Å². The first-order valence-electron chi connectivity index (χ1n) is 12.7. The zero-order valence-corrected chi connectivity index (χ0v) is 23.0. The van der Waals surface area contributed by atoms with E-state index < -0.39 is 22.7 Å². The monoisotopic (exact) mass is 599 g/mol. The molecule has 15 heteroatoms. The fraction of sp³-hybridized carbons (Fsp3) is 0.440. The van der Waals surface area contributed by atoms with Crippen LogP contribution in [0.1, 0.15) is 30.4 Å². The van der Waals surface area contributed by atoms with Crippen LogP contribution in [-0.2, 0) is 28.7 Å². The number of halogens is 5. The van der Waals surface area contributed by atoms with Gasteiger partial charge < -0.3 is 24.8 Å². The lowest BCUT2D eigenvalue weighted by Gasteiger charge is -2.31. The molecule has 0 radical (unpaired) electrons. The molecule has 2 aromatic heterocycles. The molecule has 0 saturated carbocycles. The van der Waals surface area contributed by atoms with Crippen molar-refractivity contribution >= 4 is 51.8 Å². The van der Waals surface area contributed by atoms with Gasteiger partial charge in [-0.3, -0.25) is 9.59 Å². The highest BCUT2D eigenvalue weighted by Crippen LogP contribution is 2.39. The summed E-state index contributed by atoms with van der Waals surface area (Å²) in [6.45, 7) is 5.01. The molecule has 2 N–H and O–H groups in total. The van der Waals surface area contributed by atoms with Crippen molar-refractivity contribution in [2.24, 2.45) is 0 Å². The number of carbonyl (C=O) groups excluding carboxylic acids is 1. The lowest BCUT2D eigenvalue weighted by molar-refractivity contribution is -0.137. The molecule has 214 valence electrons. The number of hydrogen-bond donors (Lipinski definition) is 2. The number of aromatic nitrogens is 4. The number of carbonyl (C=O) groups is 1. The minimum atomic E-state index is -4.70. The Morgan fingerprint density at radius 1 is 1.20 bits per heavy atom. The largest absolute Gasteiger partial charge is 0.417 e. The second kappa shape index (κ2) is 11.4. The minimum absolute atomic E-state index is 0.0726. The Hall–Kier alpha value is -3.13. The Kier molecular flexibility index (Phi) is 8.09. The van der Waals surface area contributed by atoms with Gasteiger partial charge in [-0.2, -0.15) is 22.7 Å². The molecular formula is C25H26Cl2F3N7O3. The maximum Gasteiger partial charge on any atom is 0.417 e. The zero-order chi connectivity index (χ0) is 28.6. The van der Waals surface area contributed by atoms with E-state index in [0.29, 0.717) is 75.5 Å². The van der Waals surface area contributed by atoms with Gasteiger partial charge in [0, 0.05) is 26.2 Å². The van der Waals surface area contributed by atoms with E-state index in [4.69, 9.17) is 27.9 Å². The SMILES string of the molecule is CCc1c(N2CCNCC2)c(=O)n2nc(C3=CCOCC3)nc2n1CC(=O)Nc1cc(Cl)c(C(F)(F)F)cc1Cl. The molecule has 40 heavy (non-hydrogen) atoms. The number of rotatable bonds is 6. The number of ether oxygens (including phenoxy) is 1. The number of fused-ring (bicyclic) bond motifs is 1. The summed E-state index contributed by atoms with van der Waals surface area (Å²) in [6, 6.07) is 1.63. The summed E-state index contributed by atoms with van der Waals surface area (Å²) < 4.78 is 47.8. The van der Waals surface area contributed by atoms with Crippen LogP contribution in [0.3, 0.4) is 0 Å². The molecule has 3 aromatic rings. The van der Waals surface area contributed by atoms with Gasteiger partial charge in [-0.05, 0) is 30.5 Å². The Bertz CT molecular complexity index is 1550. The van der Waals surface area contributed by atoms with E-state index >= 15 is 0 Å². The number of nitrogens with one attached hydrogen (secondary N) is 2. The summed E-state index contributed by atoms with van der Waals surface area (Å²) in [5.41, 5.74) is 0.333. The van der Waals surface area contributed by atoms with Crippen molar-refractivity contribution in [3.05, 3.63) is 55.7 Å². The van der Waals surface area contributed by atoms with Crippen LogP contribution < -0.4 is 21.1 Å². The third-order valence-corrected chi connectivity index (χ3v) is 7.41. The van der Waals surface area contributed by atoms with Crippen LogP contribution in [0.25, 0.3) is 11.4 Å². The van der Waals surface area contributed by atoms with Crippen molar-refractivity contribution in [1.82, 2.24) is 24.5 Å². The van der Waals surface area contributed by atoms with Crippen molar-refractivity contribution < 1.29 is 22.7 Å². The van der Waals surface area contributed by atoms with Crippen LogP contribution in [0.4, 0.5) is 24.5 Å². The summed E-state index contributed by atoms with van der Waals surface area (Å²) in [6.07, 6.45) is -1.87. The topological polar surface area (TPSA) is 106 Å². The Morgan fingerprint density at radius 2 is 1.95 bits per heavy atom. The zero-order valence-electron chi connectivity index (χ0n) is 21.4. The van der Waals surface area contributed by atoms with Crippen molar-refractivity contribution in [2.45, 2.75) is 32.5 Å². The molecule has 5 rings (SSSR count). The van der Waals surface area contributed by atoms with Crippen molar-refractivity contribution in [3.8, 4) is 0 Å². The highest BCUT2D eigenvalue weighted by molar-refractivity contribution is 6.36. The lowest BCUT2D eigenvalue weighted by Crippen LogP contribution is -2.47. The molecule has 10 nitrogen and oxygen atoms in total. The second-order valence-electron chi connectivity index (χ2n) is 9.34. The number of benzene rings is 1.